The lowest BCUT2D eigenvalue weighted by Crippen LogP contribution is -2.57. The van der Waals surface area contributed by atoms with Crippen molar-refractivity contribution in [3.05, 3.63) is 0 Å². The summed E-state index contributed by atoms with van der Waals surface area (Å²) in [6, 6.07) is 0. The summed E-state index contributed by atoms with van der Waals surface area (Å²) in [6.45, 7) is 3.90. The van der Waals surface area contributed by atoms with E-state index in [-0.39, 0.29) is 0 Å². The molecule has 1 aliphatic heterocycles. The summed E-state index contributed by atoms with van der Waals surface area (Å²) in [5, 5.41) is 0. The zero-order valence-electron chi connectivity index (χ0n) is 7.82. The Hall–Kier alpha value is -0.290. The van der Waals surface area contributed by atoms with Crippen molar-refractivity contribution in [3.63, 3.8) is 0 Å². The van der Waals surface area contributed by atoms with Gasteiger partial charge in [-0.05, 0) is 13.8 Å². The molecule has 0 aromatic rings. The number of morpholine rings is 1. The van der Waals surface area contributed by atoms with Gasteiger partial charge < -0.3 is 4.74 Å². The molecule has 0 radical (unpaired) electrons. The molecule has 0 saturated carbocycles. The SMILES string of the molecule is CC(C)(N1CCOCC1)C(F)(F)F. The van der Waals surface area contributed by atoms with E-state index in [1.165, 1.54) is 18.7 Å². The van der Waals surface area contributed by atoms with E-state index in [1.54, 1.807) is 0 Å². The van der Waals surface area contributed by atoms with Crippen molar-refractivity contribution in [2.75, 3.05) is 26.3 Å². The maximum atomic E-state index is 12.5. The maximum Gasteiger partial charge on any atom is 0.406 e. The van der Waals surface area contributed by atoms with Gasteiger partial charge in [0, 0.05) is 13.1 Å². The average Bonchev–Trinajstić information content (AvgIpc) is 2.04. The second-order valence-electron chi connectivity index (χ2n) is 3.66. The van der Waals surface area contributed by atoms with Gasteiger partial charge in [-0.2, -0.15) is 13.2 Å². The fourth-order valence-electron chi connectivity index (χ4n) is 1.30. The van der Waals surface area contributed by atoms with Gasteiger partial charge in [-0.1, -0.05) is 0 Å². The zero-order chi connectivity index (χ0) is 10.1. The van der Waals surface area contributed by atoms with Crippen molar-refractivity contribution in [2.24, 2.45) is 0 Å². The number of hydrogen-bond donors (Lipinski definition) is 0. The van der Waals surface area contributed by atoms with Crippen molar-refractivity contribution in [3.8, 4) is 0 Å². The lowest BCUT2D eigenvalue weighted by molar-refractivity contribution is -0.228. The Morgan fingerprint density at radius 3 is 1.92 bits per heavy atom. The number of halogens is 3. The predicted octanol–water partition coefficient (Wildman–Crippen LogP) is 1.66. The minimum Gasteiger partial charge on any atom is -0.379 e. The second-order valence-corrected chi connectivity index (χ2v) is 3.66. The molecule has 1 rings (SSSR count). The van der Waals surface area contributed by atoms with Crippen LogP contribution in [-0.4, -0.2) is 42.9 Å². The summed E-state index contributed by atoms with van der Waals surface area (Å²) in [5.74, 6) is 0. The second kappa shape index (κ2) is 3.46. The van der Waals surface area contributed by atoms with Crippen LogP contribution in [0.25, 0.3) is 0 Å². The van der Waals surface area contributed by atoms with Crippen LogP contribution in [0.1, 0.15) is 13.8 Å². The minimum atomic E-state index is -4.18. The van der Waals surface area contributed by atoms with Gasteiger partial charge in [-0.25, -0.2) is 0 Å². The minimum absolute atomic E-state index is 0.354. The third-order valence-electron chi connectivity index (χ3n) is 2.50. The van der Waals surface area contributed by atoms with E-state index in [0.29, 0.717) is 26.3 Å². The number of hydrogen-bond acceptors (Lipinski definition) is 2. The quantitative estimate of drug-likeness (QED) is 0.634. The van der Waals surface area contributed by atoms with Crippen LogP contribution in [0.2, 0.25) is 0 Å². The summed E-state index contributed by atoms with van der Waals surface area (Å²) in [4.78, 5) is 1.41. The molecule has 1 heterocycles. The molecule has 1 saturated heterocycles. The molecule has 1 aliphatic rings. The summed E-state index contributed by atoms with van der Waals surface area (Å²) in [6.07, 6.45) is -4.18. The summed E-state index contributed by atoms with van der Waals surface area (Å²) in [7, 11) is 0. The van der Waals surface area contributed by atoms with E-state index in [0.717, 1.165) is 0 Å². The fraction of sp³-hybridized carbons (Fsp3) is 1.00. The zero-order valence-corrected chi connectivity index (χ0v) is 7.82. The monoisotopic (exact) mass is 197 g/mol. The molecule has 78 valence electrons. The molecule has 1 fully saturated rings. The van der Waals surface area contributed by atoms with Crippen molar-refractivity contribution in [1.29, 1.82) is 0 Å². The van der Waals surface area contributed by atoms with Crippen LogP contribution in [0, 0.1) is 0 Å². The van der Waals surface area contributed by atoms with Crippen LogP contribution in [0.15, 0.2) is 0 Å². The standard InChI is InChI=1S/C8H14F3NO/c1-7(2,8(9,10)11)12-3-5-13-6-4-12/h3-6H2,1-2H3. The Bertz CT molecular complexity index is 173. The Balaban J connectivity index is 2.67. The van der Waals surface area contributed by atoms with Crippen molar-refractivity contribution in [2.45, 2.75) is 25.6 Å². The molecule has 0 aromatic carbocycles. The van der Waals surface area contributed by atoms with Crippen LogP contribution in [0.4, 0.5) is 13.2 Å². The molecule has 0 aliphatic carbocycles. The highest BCUT2D eigenvalue weighted by Gasteiger charge is 2.51. The average molecular weight is 197 g/mol. The number of alkyl halides is 3. The Labute approximate surface area is 75.7 Å². The van der Waals surface area contributed by atoms with Crippen LogP contribution in [-0.2, 0) is 4.74 Å². The van der Waals surface area contributed by atoms with Gasteiger partial charge in [0.15, 0.2) is 0 Å². The first-order valence-corrected chi connectivity index (χ1v) is 4.25. The lowest BCUT2D eigenvalue weighted by Gasteiger charge is -2.41. The van der Waals surface area contributed by atoms with Crippen LogP contribution in [0.5, 0.6) is 0 Å². The first kappa shape index (κ1) is 10.8. The lowest BCUT2D eigenvalue weighted by atomic mass is 10.0. The van der Waals surface area contributed by atoms with E-state index in [4.69, 9.17) is 4.74 Å². The first-order chi connectivity index (χ1) is 5.86. The maximum absolute atomic E-state index is 12.5. The fourth-order valence-corrected chi connectivity index (χ4v) is 1.30. The normalized spacial score (nSPS) is 21.9. The third kappa shape index (κ3) is 2.14. The molecule has 0 amide bonds. The van der Waals surface area contributed by atoms with Gasteiger partial charge in [-0.15, -0.1) is 0 Å². The van der Waals surface area contributed by atoms with Crippen molar-refractivity contribution in [1.82, 2.24) is 4.90 Å². The molecule has 0 N–H and O–H groups in total. The summed E-state index contributed by atoms with van der Waals surface area (Å²) < 4.78 is 42.6. The topological polar surface area (TPSA) is 12.5 Å². The van der Waals surface area contributed by atoms with Gasteiger partial charge in [0.1, 0.15) is 5.54 Å². The van der Waals surface area contributed by atoms with Gasteiger partial charge in [0.2, 0.25) is 0 Å². The first-order valence-electron chi connectivity index (χ1n) is 4.25. The largest absolute Gasteiger partial charge is 0.406 e. The molecule has 5 heteroatoms. The molecule has 0 bridgehead atoms. The van der Waals surface area contributed by atoms with Crippen LogP contribution >= 0.6 is 0 Å². The van der Waals surface area contributed by atoms with Gasteiger partial charge in [0.25, 0.3) is 0 Å². The van der Waals surface area contributed by atoms with E-state index < -0.39 is 11.7 Å². The van der Waals surface area contributed by atoms with E-state index in [2.05, 4.69) is 0 Å². The van der Waals surface area contributed by atoms with Crippen LogP contribution < -0.4 is 0 Å². The van der Waals surface area contributed by atoms with Gasteiger partial charge in [-0.3, -0.25) is 4.90 Å². The molecule has 0 unspecified atom stereocenters. The Morgan fingerprint density at radius 2 is 1.54 bits per heavy atom. The van der Waals surface area contributed by atoms with Gasteiger partial charge in [0.05, 0.1) is 13.2 Å². The smallest absolute Gasteiger partial charge is 0.379 e. The molecular weight excluding hydrogens is 183 g/mol. The third-order valence-corrected chi connectivity index (χ3v) is 2.50. The van der Waals surface area contributed by atoms with E-state index >= 15 is 0 Å². The highest BCUT2D eigenvalue weighted by atomic mass is 19.4. The molecule has 0 spiro atoms. The van der Waals surface area contributed by atoms with Crippen molar-refractivity contribution < 1.29 is 17.9 Å². The summed E-state index contributed by atoms with van der Waals surface area (Å²) >= 11 is 0. The Kier molecular flexibility index (Phi) is 2.87. The molecule has 2 nitrogen and oxygen atoms in total. The predicted molar refractivity (Wildman–Crippen MR) is 42.5 cm³/mol. The number of nitrogens with zero attached hydrogens (tertiary/aromatic N) is 1. The summed E-state index contributed by atoms with van der Waals surface area (Å²) in [5.41, 5.74) is -1.74. The molecule has 0 atom stereocenters. The van der Waals surface area contributed by atoms with E-state index in [1.807, 2.05) is 0 Å². The molecule has 13 heavy (non-hydrogen) atoms. The highest BCUT2D eigenvalue weighted by Crippen LogP contribution is 2.35. The van der Waals surface area contributed by atoms with Crippen molar-refractivity contribution >= 4 is 0 Å². The van der Waals surface area contributed by atoms with E-state index in [9.17, 15) is 13.2 Å². The Morgan fingerprint density at radius 1 is 1.08 bits per heavy atom. The number of ether oxygens (including phenoxy) is 1. The van der Waals surface area contributed by atoms with Gasteiger partial charge >= 0.3 is 6.18 Å². The molecular formula is C8H14F3NO. The molecule has 0 aromatic heterocycles. The van der Waals surface area contributed by atoms with Crippen LogP contribution in [0.3, 0.4) is 0 Å². The highest BCUT2D eigenvalue weighted by molar-refractivity contribution is 4.89. The number of rotatable bonds is 1.